The molecule has 11 heteroatoms. The molecule has 4 heterocycles. The normalized spacial score (nSPS) is 27.2. The minimum Gasteiger partial charge on any atom is -0.394 e. The number of carbonyl (C=O) groups excluding carboxylic acids is 1. The first kappa shape index (κ1) is 20.9. The van der Waals surface area contributed by atoms with Crippen LogP contribution in [0.1, 0.15) is 0 Å². The number of carbonyl (C=O) groups is 1. The Morgan fingerprint density at radius 2 is 2.00 bits per heavy atom. The number of ether oxygens (including phenoxy) is 1. The largest absolute Gasteiger partial charge is 0.394 e. The molecule has 2 saturated heterocycles. The van der Waals surface area contributed by atoms with Crippen LogP contribution in [0.15, 0.2) is 35.3 Å². The molecule has 2 aromatic heterocycles. The van der Waals surface area contributed by atoms with Crippen molar-refractivity contribution in [3.63, 3.8) is 0 Å². The van der Waals surface area contributed by atoms with Gasteiger partial charge in [-0.1, -0.05) is 0 Å². The van der Waals surface area contributed by atoms with Crippen molar-refractivity contribution >= 4 is 29.0 Å². The van der Waals surface area contributed by atoms with E-state index in [1.54, 1.807) is 18.5 Å². The van der Waals surface area contributed by atoms with Gasteiger partial charge in [0, 0.05) is 50.5 Å². The lowest BCUT2D eigenvalue weighted by molar-refractivity contribution is -0.0205. The number of nitrogens with zero attached hydrogens (tertiary/aromatic N) is 4. The monoisotopic (exact) mass is 434 g/mol. The highest BCUT2D eigenvalue weighted by Crippen LogP contribution is 2.27. The van der Waals surface area contributed by atoms with E-state index < -0.39 is 18.3 Å². The summed E-state index contributed by atoms with van der Waals surface area (Å²) >= 11 is 1.50. The number of urea groups is 1. The average Bonchev–Trinajstić information content (AvgIpc) is 3.40. The maximum absolute atomic E-state index is 12.2. The molecular formula is C19H26N6O4S. The number of thiophene rings is 1. The smallest absolute Gasteiger partial charge is 0.319 e. The van der Waals surface area contributed by atoms with Gasteiger partial charge >= 0.3 is 6.03 Å². The second-order valence-corrected chi connectivity index (χ2v) is 8.08. The molecule has 2 amide bonds. The molecule has 0 spiro atoms. The van der Waals surface area contributed by atoms with Gasteiger partial charge in [-0.3, -0.25) is 4.90 Å². The molecule has 4 atom stereocenters. The number of aliphatic hydroxyl groups is 2. The highest BCUT2D eigenvalue weighted by molar-refractivity contribution is 7.08. The molecule has 2 aliphatic heterocycles. The summed E-state index contributed by atoms with van der Waals surface area (Å²) in [6.45, 7) is 2.78. The molecule has 162 valence electrons. The van der Waals surface area contributed by atoms with E-state index in [-0.39, 0.29) is 25.2 Å². The number of piperazine rings is 1. The van der Waals surface area contributed by atoms with Crippen molar-refractivity contribution in [1.82, 2.24) is 20.2 Å². The predicted octanol–water partition coefficient (Wildman–Crippen LogP) is -0.0290. The highest BCUT2D eigenvalue weighted by Gasteiger charge is 2.46. The van der Waals surface area contributed by atoms with Crippen LogP contribution in [0.5, 0.6) is 0 Å². The lowest BCUT2D eigenvalue weighted by Crippen LogP contribution is -2.57. The van der Waals surface area contributed by atoms with Crippen molar-refractivity contribution in [2.45, 2.75) is 24.4 Å². The van der Waals surface area contributed by atoms with Crippen molar-refractivity contribution in [2.75, 3.05) is 49.5 Å². The zero-order chi connectivity index (χ0) is 20.9. The van der Waals surface area contributed by atoms with Crippen molar-refractivity contribution in [3.8, 4) is 0 Å². The summed E-state index contributed by atoms with van der Waals surface area (Å²) < 4.78 is 5.87. The first-order chi connectivity index (χ1) is 14.7. The van der Waals surface area contributed by atoms with Gasteiger partial charge in [0.25, 0.3) is 0 Å². The Kier molecular flexibility index (Phi) is 6.75. The van der Waals surface area contributed by atoms with E-state index in [4.69, 9.17) is 4.74 Å². The van der Waals surface area contributed by atoms with Crippen molar-refractivity contribution in [2.24, 2.45) is 0 Å². The molecule has 10 nitrogen and oxygen atoms in total. The molecule has 4 N–H and O–H groups in total. The maximum atomic E-state index is 12.2. The molecule has 0 aliphatic carbocycles. The van der Waals surface area contributed by atoms with Crippen molar-refractivity contribution < 1.29 is 19.7 Å². The van der Waals surface area contributed by atoms with Crippen LogP contribution in [-0.4, -0.2) is 94.8 Å². The fourth-order valence-corrected chi connectivity index (χ4v) is 4.56. The molecular weight excluding hydrogens is 408 g/mol. The third-order valence-corrected chi connectivity index (χ3v) is 6.14. The Labute approximate surface area is 178 Å². The van der Waals surface area contributed by atoms with Crippen LogP contribution in [0.3, 0.4) is 0 Å². The first-order valence-electron chi connectivity index (χ1n) is 9.93. The number of amides is 2. The van der Waals surface area contributed by atoms with E-state index in [2.05, 4.69) is 30.4 Å². The summed E-state index contributed by atoms with van der Waals surface area (Å²) in [5, 5.41) is 29.6. The average molecular weight is 435 g/mol. The molecule has 2 fully saturated rings. The van der Waals surface area contributed by atoms with Crippen LogP contribution in [0.2, 0.25) is 0 Å². The molecule has 0 saturated carbocycles. The fourth-order valence-electron chi connectivity index (χ4n) is 3.98. The number of hydrogen-bond acceptors (Lipinski definition) is 9. The van der Waals surface area contributed by atoms with Crippen molar-refractivity contribution in [1.29, 1.82) is 0 Å². The van der Waals surface area contributed by atoms with Crippen LogP contribution in [0, 0.1) is 0 Å². The van der Waals surface area contributed by atoms with Crippen LogP contribution < -0.4 is 15.5 Å². The zero-order valence-corrected chi connectivity index (χ0v) is 17.2. The quantitative estimate of drug-likeness (QED) is 0.500. The van der Waals surface area contributed by atoms with Gasteiger partial charge < -0.3 is 30.5 Å². The Bertz CT molecular complexity index is 803. The number of rotatable bonds is 6. The third-order valence-electron chi connectivity index (χ3n) is 5.46. The van der Waals surface area contributed by atoms with Gasteiger partial charge in [-0.15, -0.1) is 0 Å². The predicted molar refractivity (Wildman–Crippen MR) is 113 cm³/mol. The van der Waals surface area contributed by atoms with Gasteiger partial charge in [-0.25, -0.2) is 14.8 Å². The SMILES string of the molecule is O=C(NCC1OC(CO)C(O)C1N1CCN(c2ncccn2)CC1)Nc1ccsc1. The molecule has 4 rings (SSSR count). The van der Waals surface area contributed by atoms with Gasteiger partial charge in [0.2, 0.25) is 5.95 Å². The second-order valence-electron chi connectivity index (χ2n) is 7.30. The lowest BCUT2D eigenvalue weighted by Gasteiger charge is -2.40. The van der Waals surface area contributed by atoms with Gasteiger partial charge in [0.15, 0.2) is 0 Å². The summed E-state index contributed by atoms with van der Waals surface area (Å²) in [6, 6.07) is 2.96. The van der Waals surface area contributed by atoms with Crippen LogP contribution in [-0.2, 0) is 4.74 Å². The van der Waals surface area contributed by atoms with E-state index in [0.29, 0.717) is 19.0 Å². The van der Waals surface area contributed by atoms with E-state index in [1.165, 1.54) is 11.3 Å². The molecule has 0 bridgehead atoms. The number of nitrogens with one attached hydrogen (secondary N) is 2. The topological polar surface area (TPSA) is 123 Å². The Balaban J connectivity index is 1.35. The number of anilines is 2. The van der Waals surface area contributed by atoms with E-state index in [1.807, 2.05) is 16.8 Å². The standard InChI is InChI=1S/C19H26N6O4S/c26-11-15-17(27)16(14(29-15)10-22-19(28)23-13-2-9-30-12-13)24-5-7-25(8-6-24)18-20-3-1-4-21-18/h1-4,9,12,14-17,26-27H,5-8,10-11H2,(H2,22,23,28). The highest BCUT2D eigenvalue weighted by atomic mass is 32.1. The number of hydrogen-bond donors (Lipinski definition) is 4. The molecule has 4 unspecified atom stereocenters. The Morgan fingerprint density at radius 1 is 1.23 bits per heavy atom. The van der Waals surface area contributed by atoms with E-state index in [9.17, 15) is 15.0 Å². The first-order valence-corrected chi connectivity index (χ1v) is 10.9. The van der Waals surface area contributed by atoms with Gasteiger partial charge in [0.05, 0.1) is 24.4 Å². The molecule has 2 aliphatic rings. The Morgan fingerprint density at radius 3 is 2.67 bits per heavy atom. The van der Waals surface area contributed by atoms with Crippen LogP contribution >= 0.6 is 11.3 Å². The summed E-state index contributed by atoms with van der Waals surface area (Å²) in [5.41, 5.74) is 0.730. The summed E-state index contributed by atoms with van der Waals surface area (Å²) in [4.78, 5) is 25.0. The van der Waals surface area contributed by atoms with E-state index in [0.717, 1.165) is 18.8 Å². The number of aliphatic hydroxyl groups excluding tert-OH is 2. The summed E-state index contributed by atoms with van der Waals surface area (Å²) in [5.74, 6) is 0.692. The van der Waals surface area contributed by atoms with Gasteiger partial charge in [-0.2, -0.15) is 11.3 Å². The van der Waals surface area contributed by atoms with Crippen LogP contribution in [0.25, 0.3) is 0 Å². The summed E-state index contributed by atoms with van der Waals surface area (Å²) in [6.07, 6.45) is 1.51. The van der Waals surface area contributed by atoms with Crippen LogP contribution in [0.4, 0.5) is 16.4 Å². The molecule has 0 aromatic carbocycles. The lowest BCUT2D eigenvalue weighted by atomic mass is 10.0. The van der Waals surface area contributed by atoms with Gasteiger partial charge in [0.1, 0.15) is 12.2 Å². The minimum atomic E-state index is -0.832. The molecule has 0 radical (unpaired) electrons. The number of aromatic nitrogens is 2. The van der Waals surface area contributed by atoms with Crippen molar-refractivity contribution in [3.05, 3.63) is 35.3 Å². The fraction of sp³-hybridized carbons (Fsp3) is 0.526. The minimum absolute atomic E-state index is 0.232. The second kappa shape index (κ2) is 9.67. The molecule has 30 heavy (non-hydrogen) atoms. The zero-order valence-electron chi connectivity index (χ0n) is 16.4. The molecule has 2 aromatic rings. The maximum Gasteiger partial charge on any atom is 0.319 e. The third kappa shape index (κ3) is 4.71. The van der Waals surface area contributed by atoms with E-state index >= 15 is 0 Å². The summed E-state index contributed by atoms with van der Waals surface area (Å²) in [7, 11) is 0. The van der Waals surface area contributed by atoms with Gasteiger partial charge in [-0.05, 0) is 17.5 Å². The Hall–Kier alpha value is -2.31.